The number of benzene rings is 8. The van der Waals surface area contributed by atoms with Gasteiger partial charge >= 0.3 is 0 Å². The van der Waals surface area contributed by atoms with Crippen LogP contribution in [-0.2, 0) is 5.41 Å². The molecule has 60 heavy (non-hydrogen) atoms. The highest BCUT2D eigenvalue weighted by Gasteiger charge is 2.36. The van der Waals surface area contributed by atoms with Crippen LogP contribution in [0, 0.1) is 0 Å². The number of fused-ring (bicyclic) bond motifs is 13. The van der Waals surface area contributed by atoms with E-state index in [-0.39, 0.29) is 11.0 Å². The molecule has 1 aliphatic rings. The second kappa shape index (κ2) is 12.9. The Bertz CT molecular complexity index is 3600. The third-order valence-corrected chi connectivity index (χ3v) is 12.7. The highest BCUT2D eigenvalue weighted by molar-refractivity contribution is 6.19. The van der Waals surface area contributed by atoms with Crippen LogP contribution in [0.15, 0.2) is 199 Å². The van der Waals surface area contributed by atoms with E-state index in [1.54, 1.807) is 0 Å². The number of hydrogen-bond acceptors (Lipinski definition) is 3. The minimum absolute atomic E-state index is 0.0624. The topological polar surface area (TPSA) is 42.5 Å². The standard InChI is InChI=1S/C55H38N4O/c1-55(2)47-24-11-10-19-41(47)42-32-31-40(34-48(42)55)57(39-18-14-17-36(33-39)35-15-4-3-5-16-35)37-27-29-38(30-28-37)58-51-43-20-6-8-22-45(43)53-56-49-25-12-13-26-50(49)59(53)52(51)44-21-7-9-23-46(44)54(58)60/h3-34H,1-2H3. The summed E-state index contributed by atoms with van der Waals surface area (Å²) in [6.07, 6.45) is 0. The number of imidazole rings is 1. The van der Waals surface area contributed by atoms with Crippen LogP contribution in [-0.4, -0.2) is 14.0 Å². The molecule has 12 rings (SSSR count). The van der Waals surface area contributed by atoms with Gasteiger partial charge < -0.3 is 4.90 Å². The summed E-state index contributed by atoms with van der Waals surface area (Å²) in [5.74, 6) is 0. The molecule has 0 radical (unpaired) electrons. The quantitative estimate of drug-likeness (QED) is 0.164. The molecule has 0 amide bonds. The summed E-state index contributed by atoms with van der Waals surface area (Å²) >= 11 is 0. The average molecular weight is 771 g/mol. The third kappa shape index (κ3) is 4.93. The molecule has 8 aromatic carbocycles. The van der Waals surface area contributed by atoms with Crippen LogP contribution in [0.2, 0.25) is 0 Å². The van der Waals surface area contributed by atoms with Crippen molar-refractivity contribution in [2.75, 3.05) is 4.90 Å². The fourth-order valence-electron chi connectivity index (χ4n) is 9.85. The lowest BCUT2D eigenvalue weighted by atomic mass is 9.82. The van der Waals surface area contributed by atoms with Crippen molar-refractivity contribution in [3.8, 4) is 27.9 Å². The molecule has 0 N–H and O–H groups in total. The molecule has 5 heteroatoms. The van der Waals surface area contributed by atoms with Gasteiger partial charge in [-0.2, -0.15) is 0 Å². The van der Waals surface area contributed by atoms with Crippen molar-refractivity contribution in [3.05, 3.63) is 216 Å². The molecule has 3 aromatic heterocycles. The summed E-state index contributed by atoms with van der Waals surface area (Å²) in [4.78, 5) is 22.4. The number of rotatable bonds is 5. The Hall–Kier alpha value is -7.76. The van der Waals surface area contributed by atoms with E-state index in [4.69, 9.17) is 4.98 Å². The second-order valence-corrected chi connectivity index (χ2v) is 16.4. The molecule has 0 unspecified atom stereocenters. The van der Waals surface area contributed by atoms with Crippen LogP contribution >= 0.6 is 0 Å². The molecule has 0 saturated heterocycles. The van der Waals surface area contributed by atoms with E-state index in [9.17, 15) is 4.79 Å². The van der Waals surface area contributed by atoms with E-state index < -0.39 is 0 Å². The molecule has 1 aliphatic carbocycles. The monoisotopic (exact) mass is 770 g/mol. The van der Waals surface area contributed by atoms with Gasteiger partial charge in [-0.15, -0.1) is 0 Å². The first kappa shape index (κ1) is 34.3. The van der Waals surface area contributed by atoms with Crippen LogP contribution in [0.5, 0.6) is 0 Å². The predicted octanol–water partition coefficient (Wildman–Crippen LogP) is 13.5. The summed E-state index contributed by atoms with van der Waals surface area (Å²) in [5.41, 5.74) is 15.8. The van der Waals surface area contributed by atoms with Gasteiger partial charge in [0, 0.05) is 49.7 Å². The van der Waals surface area contributed by atoms with E-state index in [0.29, 0.717) is 5.39 Å². The summed E-state index contributed by atoms with van der Waals surface area (Å²) in [6, 6.07) is 68.0. The summed E-state index contributed by atoms with van der Waals surface area (Å²) < 4.78 is 4.15. The van der Waals surface area contributed by atoms with Gasteiger partial charge in [0.25, 0.3) is 5.56 Å². The van der Waals surface area contributed by atoms with Gasteiger partial charge in [0.05, 0.1) is 22.1 Å². The number of pyridine rings is 2. The summed E-state index contributed by atoms with van der Waals surface area (Å²) in [6.45, 7) is 4.65. The summed E-state index contributed by atoms with van der Waals surface area (Å²) in [7, 11) is 0. The molecule has 3 heterocycles. The van der Waals surface area contributed by atoms with Crippen molar-refractivity contribution in [3.63, 3.8) is 0 Å². The predicted molar refractivity (Wildman–Crippen MR) is 248 cm³/mol. The molecule has 0 aliphatic heterocycles. The molecule has 0 bridgehead atoms. The smallest absolute Gasteiger partial charge is 0.263 e. The van der Waals surface area contributed by atoms with Crippen molar-refractivity contribution in [1.29, 1.82) is 0 Å². The van der Waals surface area contributed by atoms with Crippen molar-refractivity contribution in [1.82, 2.24) is 14.0 Å². The van der Waals surface area contributed by atoms with Crippen molar-refractivity contribution in [2.24, 2.45) is 0 Å². The first-order chi connectivity index (χ1) is 29.5. The van der Waals surface area contributed by atoms with E-state index in [1.165, 1.54) is 22.3 Å². The number of nitrogens with zero attached hydrogens (tertiary/aromatic N) is 4. The number of para-hydroxylation sites is 2. The van der Waals surface area contributed by atoms with Crippen LogP contribution < -0.4 is 10.5 Å². The van der Waals surface area contributed by atoms with Crippen LogP contribution in [0.1, 0.15) is 25.0 Å². The Morgan fingerprint density at radius 1 is 0.483 bits per heavy atom. The SMILES string of the molecule is CC1(C)c2ccccc2-c2ccc(N(c3ccc(-n4c(=O)c5ccccc5c5c4c4ccccc4c4nc6ccccc6n45)cc3)c3cccc(-c4ccccc4)c3)cc21. The van der Waals surface area contributed by atoms with E-state index in [0.717, 1.165) is 77.7 Å². The first-order valence-electron chi connectivity index (χ1n) is 20.5. The van der Waals surface area contributed by atoms with Crippen molar-refractivity contribution in [2.45, 2.75) is 19.3 Å². The minimum Gasteiger partial charge on any atom is -0.310 e. The Kier molecular flexibility index (Phi) is 7.36. The van der Waals surface area contributed by atoms with Crippen LogP contribution in [0.25, 0.3) is 77.2 Å². The molecule has 0 atom stereocenters. The van der Waals surface area contributed by atoms with Crippen molar-refractivity contribution >= 4 is 66.3 Å². The number of hydrogen-bond donors (Lipinski definition) is 0. The van der Waals surface area contributed by atoms with Gasteiger partial charge in [-0.3, -0.25) is 13.8 Å². The van der Waals surface area contributed by atoms with Crippen LogP contribution in [0.4, 0.5) is 17.1 Å². The Balaban J connectivity index is 1.09. The van der Waals surface area contributed by atoms with E-state index >= 15 is 0 Å². The number of anilines is 3. The zero-order valence-electron chi connectivity index (χ0n) is 33.2. The van der Waals surface area contributed by atoms with Gasteiger partial charge in [-0.05, 0) is 100 Å². The Morgan fingerprint density at radius 3 is 1.92 bits per heavy atom. The van der Waals surface area contributed by atoms with Gasteiger partial charge in [-0.25, -0.2) is 4.98 Å². The molecular weight excluding hydrogens is 733 g/mol. The normalized spacial score (nSPS) is 13.0. The molecule has 5 nitrogen and oxygen atoms in total. The maximum atomic E-state index is 14.9. The Morgan fingerprint density at radius 2 is 1.10 bits per heavy atom. The van der Waals surface area contributed by atoms with E-state index in [1.807, 2.05) is 41.0 Å². The minimum atomic E-state index is -0.156. The number of aromatic nitrogens is 3. The molecule has 0 fully saturated rings. The molecule has 11 aromatic rings. The lowest BCUT2D eigenvalue weighted by molar-refractivity contribution is 0.660. The fourth-order valence-corrected chi connectivity index (χ4v) is 9.85. The van der Waals surface area contributed by atoms with Gasteiger partial charge in [0.2, 0.25) is 0 Å². The zero-order chi connectivity index (χ0) is 40.1. The zero-order valence-corrected chi connectivity index (χ0v) is 33.2. The molecule has 0 spiro atoms. The fraction of sp³-hybridized carbons (Fsp3) is 0.0545. The highest BCUT2D eigenvalue weighted by Crippen LogP contribution is 2.51. The second-order valence-electron chi connectivity index (χ2n) is 16.4. The first-order valence-corrected chi connectivity index (χ1v) is 20.5. The lowest BCUT2D eigenvalue weighted by Gasteiger charge is -2.28. The lowest BCUT2D eigenvalue weighted by Crippen LogP contribution is -2.20. The van der Waals surface area contributed by atoms with Gasteiger partial charge in [0.15, 0.2) is 0 Å². The largest absolute Gasteiger partial charge is 0.310 e. The molecular formula is C55H38N4O. The highest BCUT2D eigenvalue weighted by atomic mass is 16.1. The van der Waals surface area contributed by atoms with Gasteiger partial charge in [0.1, 0.15) is 5.65 Å². The van der Waals surface area contributed by atoms with Gasteiger partial charge in [-0.1, -0.05) is 141 Å². The maximum absolute atomic E-state index is 14.9. The van der Waals surface area contributed by atoms with E-state index in [2.05, 4.69) is 181 Å². The summed E-state index contributed by atoms with van der Waals surface area (Å²) in [5, 5.41) is 3.52. The average Bonchev–Trinajstić information content (AvgIpc) is 3.80. The van der Waals surface area contributed by atoms with Crippen molar-refractivity contribution < 1.29 is 0 Å². The third-order valence-electron chi connectivity index (χ3n) is 12.7. The maximum Gasteiger partial charge on any atom is 0.263 e. The molecule has 284 valence electrons. The molecule has 0 saturated carbocycles. The van der Waals surface area contributed by atoms with Crippen LogP contribution in [0.3, 0.4) is 0 Å². The Labute approximate surface area is 346 Å².